The third-order valence-corrected chi connectivity index (χ3v) is 1.79. The number of hydrogen-bond acceptors (Lipinski definition) is 7. The summed E-state index contributed by atoms with van der Waals surface area (Å²) < 4.78 is 4.54. The highest BCUT2D eigenvalue weighted by molar-refractivity contribution is 5.68. The van der Waals surface area contributed by atoms with Crippen LogP contribution in [0.4, 0.5) is 0 Å². The van der Waals surface area contributed by atoms with Crippen molar-refractivity contribution in [2.75, 3.05) is 13.2 Å². The third kappa shape index (κ3) is 4.64. The molecule has 0 rings (SSSR count). The standard InChI is InChI=1S/C8H14O8/c9-1-4(11)7(15)8(5(12)2-10)16-3-6(13)14/h2,4-5,7-9,11-12,15H,1,3H2,(H,13,14)/t4-,5+,7+,8-/m1/s1. The predicted molar refractivity (Wildman–Crippen MR) is 48.5 cm³/mol. The van der Waals surface area contributed by atoms with E-state index >= 15 is 0 Å². The monoisotopic (exact) mass is 238 g/mol. The third-order valence-electron chi connectivity index (χ3n) is 1.79. The van der Waals surface area contributed by atoms with Gasteiger partial charge in [0.25, 0.3) is 0 Å². The molecule has 0 radical (unpaired) electrons. The molecule has 0 aromatic heterocycles. The van der Waals surface area contributed by atoms with Gasteiger partial charge in [-0.25, -0.2) is 4.79 Å². The second kappa shape index (κ2) is 7.25. The molecule has 4 atom stereocenters. The first kappa shape index (κ1) is 14.9. The maximum Gasteiger partial charge on any atom is 0.329 e. The van der Waals surface area contributed by atoms with Crippen molar-refractivity contribution in [1.82, 2.24) is 0 Å². The van der Waals surface area contributed by atoms with Gasteiger partial charge in [0.1, 0.15) is 31.0 Å². The lowest BCUT2D eigenvalue weighted by Crippen LogP contribution is -2.48. The predicted octanol–water partition coefficient (Wildman–Crippen LogP) is -3.27. The first-order valence-electron chi connectivity index (χ1n) is 4.37. The number of carboxylic acid groups (broad SMARTS) is 1. The zero-order chi connectivity index (χ0) is 12.7. The highest BCUT2D eigenvalue weighted by Crippen LogP contribution is 2.08. The van der Waals surface area contributed by atoms with Gasteiger partial charge in [0, 0.05) is 0 Å². The van der Waals surface area contributed by atoms with Crippen LogP contribution in [0.25, 0.3) is 0 Å². The lowest BCUT2D eigenvalue weighted by molar-refractivity contribution is -0.165. The van der Waals surface area contributed by atoms with Crippen molar-refractivity contribution in [3.05, 3.63) is 0 Å². The van der Waals surface area contributed by atoms with E-state index in [-0.39, 0.29) is 6.29 Å². The molecule has 0 aliphatic heterocycles. The molecule has 8 nitrogen and oxygen atoms in total. The zero-order valence-electron chi connectivity index (χ0n) is 8.26. The smallest absolute Gasteiger partial charge is 0.329 e. The van der Waals surface area contributed by atoms with Gasteiger partial charge in [-0.2, -0.15) is 0 Å². The number of hydrogen-bond donors (Lipinski definition) is 5. The van der Waals surface area contributed by atoms with Crippen LogP contribution in [0.5, 0.6) is 0 Å². The van der Waals surface area contributed by atoms with Crippen LogP contribution in [0.3, 0.4) is 0 Å². The fourth-order valence-electron chi connectivity index (χ4n) is 0.971. The molecular formula is C8H14O8. The minimum absolute atomic E-state index is 0.0276. The summed E-state index contributed by atoms with van der Waals surface area (Å²) in [7, 11) is 0. The maximum atomic E-state index is 10.3. The van der Waals surface area contributed by atoms with Crippen LogP contribution in [0, 0.1) is 0 Å². The van der Waals surface area contributed by atoms with Gasteiger partial charge in [-0.1, -0.05) is 0 Å². The van der Waals surface area contributed by atoms with E-state index in [0.29, 0.717) is 0 Å². The van der Waals surface area contributed by atoms with Crippen LogP contribution in [-0.4, -0.2) is 75.4 Å². The maximum absolute atomic E-state index is 10.3. The number of ether oxygens (including phenoxy) is 1. The molecule has 0 aliphatic carbocycles. The molecule has 0 fully saturated rings. The number of aldehydes is 1. The van der Waals surface area contributed by atoms with E-state index in [1.165, 1.54) is 0 Å². The highest BCUT2D eigenvalue weighted by Gasteiger charge is 2.33. The Morgan fingerprint density at radius 3 is 2.25 bits per heavy atom. The fourth-order valence-corrected chi connectivity index (χ4v) is 0.971. The number of carbonyl (C=O) groups excluding carboxylic acids is 1. The summed E-state index contributed by atoms with van der Waals surface area (Å²) in [5.41, 5.74) is 0. The van der Waals surface area contributed by atoms with Crippen LogP contribution >= 0.6 is 0 Å². The quantitative estimate of drug-likeness (QED) is 0.277. The Morgan fingerprint density at radius 2 is 1.88 bits per heavy atom. The molecule has 94 valence electrons. The summed E-state index contributed by atoms with van der Waals surface area (Å²) >= 11 is 0. The number of rotatable bonds is 8. The Bertz CT molecular complexity index is 230. The normalized spacial score (nSPS) is 18.5. The minimum atomic E-state index is -1.80. The number of aliphatic carboxylic acids is 1. The molecule has 5 N–H and O–H groups in total. The highest BCUT2D eigenvalue weighted by atomic mass is 16.5. The van der Waals surface area contributed by atoms with Crippen LogP contribution in [0.1, 0.15) is 0 Å². The Morgan fingerprint density at radius 1 is 1.31 bits per heavy atom. The molecule has 16 heavy (non-hydrogen) atoms. The summed E-state index contributed by atoms with van der Waals surface area (Å²) in [6.07, 6.45) is -6.80. The summed E-state index contributed by atoms with van der Waals surface area (Å²) in [4.78, 5) is 20.5. The number of carboxylic acids is 1. The Balaban J connectivity index is 4.52. The first-order valence-corrected chi connectivity index (χ1v) is 4.37. The Kier molecular flexibility index (Phi) is 6.77. The second-order valence-corrected chi connectivity index (χ2v) is 3.04. The van der Waals surface area contributed by atoms with Crippen LogP contribution in [0.2, 0.25) is 0 Å². The van der Waals surface area contributed by atoms with Gasteiger partial charge in [-0.15, -0.1) is 0 Å². The molecule has 0 heterocycles. The number of carbonyl (C=O) groups is 2. The van der Waals surface area contributed by atoms with Crippen LogP contribution in [0.15, 0.2) is 0 Å². The molecule has 0 aromatic carbocycles. The van der Waals surface area contributed by atoms with Crippen molar-refractivity contribution in [2.24, 2.45) is 0 Å². The van der Waals surface area contributed by atoms with Crippen molar-refractivity contribution < 1.29 is 39.9 Å². The van der Waals surface area contributed by atoms with Gasteiger partial charge in [-0.05, 0) is 0 Å². The molecule has 8 heteroatoms. The lowest BCUT2D eigenvalue weighted by Gasteiger charge is -2.26. The van der Waals surface area contributed by atoms with Crippen molar-refractivity contribution in [3.8, 4) is 0 Å². The summed E-state index contributed by atoms with van der Waals surface area (Å²) in [6.45, 7) is -1.68. The molecule has 0 aliphatic rings. The fraction of sp³-hybridized carbons (Fsp3) is 0.750. The Hall–Kier alpha value is -1.06. The second-order valence-electron chi connectivity index (χ2n) is 3.04. The average Bonchev–Trinajstić information content (AvgIpc) is 2.26. The molecule has 0 saturated heterocycles. The van der Waals surface area contributed by atoms with Gasteiger partial charge < -0.3 is 35.1 Å². The molecule has 0 saturated carbocycles. The largest absolute Gasteiger partial charge is 0.480 e. The van der Waals surface area contributed by atoms with Crippen molar-refractivity contribution >= 4 is 12.3 Å². The Labute approximate surface area is 90.7 Å². The van der Waals surface area contributed by atoms with E-state index in [1.54, 1.807) is 0 Å². The van der Waals surface area contributed by atoms with Gasteiger partial charge in [0.15, 0.2) is 6.29 Å². The summed E-state index contributed by atoms with van der Waals surface area (Å²) in [5.74, 6) is -1.37. The van der Waals surface area contributed by atoms with E-state index in [4.69, 9.17) is 20.4 Å². The van der Waals surface area contributed by atoms with Crippen LogP contribution < -0.4 is 0 Å². The molecule has 0 unspecified atom stereocenters. The average molecular weight is 238 g/mol. The molecule has 0 bridgehead atoms. The zero-order valence-corrected chi connectivity index (χ0v) is 8.26. The molecule has 0 aromatic rings. The van der Waals surface area contributed by atoms with E-state index in [2.05, 4.69) is 4.74 Å². The van der Waals surface area contributed by atoms with E-state index in [1.807, 2.05) is 0 Å². The van der Waals surface area contributed by atoms with Gasteiger partial charge in [-0.3, -0.25) is 0 Å². The van der Waals surface area contributed by atoms with Crippen molar-refractivity contribution in [3.63, 3.8) is 0 Å². The SMILES string of the molecule is O=C[C@H](O)[C@@H](OCC(=O)O)[C@@H](O)[C@H](O)CO. The van der Waals surface area contributed by atoms with Crippen molar-refractivity contribution in [1.29, 1.82) is 0 Å². The lowest BCUT2D eigenvalue weighted by atomic mass is 10.0. The van der Waals surface area contributed by atoms with Gasteiger partial charge in [0.05, 0.1) is 6.61 Å². The summed E-state index contributed by atoms with van der Waals surface area (Å²) in [5, 5.41) is 44.3. The van der Waals surface area contributed by atoms with Gasteiger partial charge >= 0.3 is 5.97 Å². The van der Waals surface area contributed by atoms with Crippen LogP contribution in [-0.2, 0) is 14.3 Å². The van der Waals surface area contributed by atoms with E-state index < -0.39 is 43.6 Å². The molecular weight excluding hydrogens is 224 g/mol. The first-order chi connectivity index (χ1) is 7.43. The number of aliphatic hydroxyl groups excluding tert-OH is 4. The van der Waals surface area contributed by atoms with E-state index in [0.717, 1.165) is 0 Å². The topological polar surface area (TPSA) is 145 Å². The molecule has 0 spiro atoms. The summed E-state index contributed by atoms with van der Waals surface area (Å²) in [6, 6.07) is 0. The molecule has 0 amide bonds. The van der Waals surface area contributed by atoms with E-state index in [9.17, 15) is 14.7 Å². The minimum Gasteiger partial charge on any atom is -0.480 e. The van der Waals surface area contributed by atoms with Gasteiger partial charge in [0.2, 0.25) is 0 Å². The van der Waals surface area contributed by atoms with Crippen molar-refractivity contribution in [2.45, 2.75) is 24.4 Å². The number of aliphatic hydroxyl groups is 4.